The van der Waals surface area contributed by atoms with Crippen molar-refractivity contribution in [1.29, 1.82) is 0 Å². The van der Waals surface area contributed by atoms with Crippen LogP contribution in [0.5, 0.6) is 5.75 Å². The molecule has 1 aromatic heterocycles. The molecule has 0 saturated carbocycles. The van der Waals surface area contributed by atoms with E-state index in [0.29, 0.717) is 12.5 Å². The van der Waals surface area contributed by atoms with E-state index in [0.717, 1.165) is 9.54 Å². The molecule has 96 valence electrons. The second-order valence-corrected chi connectivity index (χ2v) is 7.22. The van der Waals surface area contributed by atoms with Crippen LogP contribution in [0.1, 0.15) is 35.8 Å². The van der Waals surface area contributed by atoms with Gasteiger partial charge >= 0.3 is 0 Å². The minimum absolute atomic E-state index is 0.562. The number of halogens is 1. The summed E-state index contributed by atoms with van der Waals surface area (Å²) in [6, 6.07) is 10.5. The topological polar surface area (TPSA) is 9.23 Å². The fourth-order valence-corrected chi connectivity index (χ4v) is 3.37. The van der Waals surface area contributed by atoms with Crippen LogP contribution in [0.3, 0.4) is 0 Å². The molecule has 1 heterocycles. The zero-order chi connectivity index (χ0) is 13.1. The monoisotopic (exact) mass is 324 g/mol. The SMILES string of the molecule is Cc1cc(OCc2ccc(Br)s2)ccc1C(C)C. The normalized spacial score (nSPS) is 10.9. The molecule has 2 aromatic rings. The Bertz CT molecular complexity index is 531. The van der Waals surface area contributed by atoms with E-state index < -0.39 is 0 Å². The number of ether oxygens (including phenoxy) is 1. The molecule has 0 N–H and O–H groups in total. The highest BCUT2D eigenvalue weighted by atomic mass is 79.9. The molecule has 0 fully saturated rings. The summed E-state index contributed by atoms with van der Waals surface area (Å²) in [6.07, 6.45) is 0. The van der Waals surface area contributed by atoms with Gasteiger partial charge in [0, 0.05) is 4.88 Å². The van der Waals surface area contributed by atoms with Gasteiger partial charge in [-0.3, -0.25) is 0 Å². The smallest absolute Gasteiger partial charge is 0.122 e. The van der Waals surface area contributed by atoms with Crippen LogP contribution in [-0.4, -0.2) is 0 Å². The minimum atomic E-state index is 0.562. The quantitative estimate of drug-likeness (QED) is 0.719. The highest BCUT2D eigenvalue weighted by Gasteiger charge is 2.05. The van der Waals surface area contributed by atoms with Gasteiger partial charge in [-0.2, -0.15) is 0 Å². The molecule has 3 heteroatoms. The maximum Gasteiger partial charge on any atom is 0.122 e. The number of rotatable bonds is 4. The Balaban J connectivity index is 2.04. The van der Waals surface area contributed by atoms with Crippen LogP contribution in [0, 0.1) is 6.92 Å². The van der Waals surface area contributed by atoms with Gasteiger partial charge in [-0.25, -0.2) is 0 Å². The molecule has 0 atom stereocenters. The third-order valence-corrected chi connectivity index (χ3v) is 4.47. The maximum atomic E-state index is 5.81. The summed E-state index contributed by atoms with van der Waals surface area (Å²) in [6.45, 7) is 7.21. The highest BCUT2D eigenvalue weighted by molar-refractivity contribution is 9.11. The van der Waals surface area contributed by atoms with Gasteiger partial charge < -0.3 is 4.74 Å². The van der Waals surface area contributed by atoms with Gasteiger partial charge in [0.15, 0.2) is 0 Å². The van der Waals surface area contributed by atoms with Gasteiger partial charge in [0.25, 0.3) is 0 Å². The standard InChI is InChI=1S/C15H17BrOS/c1-10(2)14-6-4-12(8-11(14)3)17-9-13-5-7-15(16)18-13/h4-8,10H,9H2,1-3H3. The van der Waals surface area contributed by atoms with Crippen LogP contribution in [0.4, 0.5) is 0 Å². The van der Waals surface area contributed by atoms with Crippen molar-refractivity contribution in [3.63, 3.8) is 0 Å². The summed E-state index contributed by atoms with van der Waals surface area (Å²) in [5.41, 5.74) is 2.69. The molecule has 0 unspecified atom stereocenters. The zero-order valence-corrected chi connectivity index (χ0v) is 13.3. The average molecular weight is 325 g/mol. The number of hydrogen-bond acceptors (Lipinski definition) is 2. The van der Waals surface area contributed by atoms with Crippen LogP contribution in [-0.2, 0) is 6.61 Å². The fraction of sp³-hybridized carbons (Fsp3) is 0.333. The van der Waals surface area contributed by atoms with Gasteiger partial charge in [-0.15, -0.1) is 11.3 Å². The van der Waals surface area contributed by atoms with E-state index >= 15 is 0 Å². The molecule has 18 heavy (non-hydrogen) atoms. The summed E-state index contributed by atoms with van der Waals surface area (Å²) in [5, 5.41) is 0. The molecule has 1 aromatic carbocycles. The van der Waals surface area contributed by atoms with E-state index in [-0.39, 0.29) is 0 Å². The first-order valence-electron chi connectivity index (χ1n) is 6.04. The van der Waals surface area contributed by atoms with Gasteiger partial charge in [0.2, 0.25) is 0 Å². The van der Waals surface area contributed by atoms with E-state index in [9.17, 15) is 0 Å². The largest absolute Gasteiger partial charge is 0.488 e. The molecule has 0 radical (unpaired) electrons. The maximum absolute atomic E-state index is 5.81. The second-order valence-electron chi connectivity index (χ2n) is 4.67. The molecular weight excluding hydrogens is 308 g/mol. The van der Waals surface area contributed by atoms with E-state index in [1.807, 2.05) is 0 Å². The van der Waals surface area contributed by atoms with Gasteiger partial charge in [0.1, 0.15) is 12.4 Å². The number of benzene rings is 1. The number of aryl methyl sites for hydroxylation is 1. The molecule has 1 nitrogen and oxygen atoms in total. The van der Waals surface area contributed by atoms with Crippen molar-refractivity contribution >= 4 is 27.3 Å². The zero-order valence-electron chi connectivity index (χ0n) is 10.9. The summed E-state index contributed by atoms with van der Waals surface area (Å²) in [5.74, 6) is 1.51. The first-order valence-corrected chi connectivity index (χ1v) is 7.65. The molecule has 0 saturated heterocycles. The van der Waals surface area contributed by atoms with E-state index in [1.54, 1.807) is 11.3 Å². The minimum Gasteiger partial charge on any atom is -0.488 e. The Kier molecular flexibility index (Phi) is 4.46. The fourth-order valence-electron chi connectivity index (χ4n) is 1.97. The van der Waals surface area contributed by atoms with Crippen molar-refractivity contribution in [1.82, 2.24) is 0 Å². The summed E-state index contributed by atoms with van der Waals surface area (Å²) < 4.78 is 6.96. The first-order chi connectivity index (χ1) is 8.56. The lowest BCUT2D eigenvalue weighted by molar-refractivity contribution is 0.309. The van der Waals surface area contributed by atoms with Gasteiger partial charge in [-0.05, 0) is 64.2 Å². The number of hydrogen-bond donors (Lipinski definition) is 0. The predicted molar refractivity (Wildman–Crippen MR) is 81.6 cm³/mol. The Hall–Kier alpha value is -0.800. The molecule has 0 bridgehead atoms. The second kappa shape index (κ2) is 5.89. The van der Waals surface area contributed by atoms with E-state index in [2.05, 4.69) is 67.0 Å². The third kappa shape index (κ3) is 3.36. The van der Waals surface area contributed by atoms with Crippen molar-refractivity contribution in [2.24, 2.45) is 0 Å². The Morgan fingerprint density at radius 3 is 2.56 bits per heavy atom. The molecule has 0 aliphatic heterocycles. The van der Waals surface area contributed by atoms with Crippen molar-refractivity contribution < 1.29 is 4.74 Å². The van der Waals surface area contributed by atoms with Crippen LogP contribution in [0.2, 0.25) is 0 Å². The number of thiophene rings is 1. The summed E-state index contributed by atoms with van der Waals surface area (Å²) in [7, 11) is 0. The van der Waals surface area contributed by atoms with Crippen molar-refractivity contribution in [2.45, 2.75) is 33.3 Å². The van der Waals surface area contributed by atoms with Crippen LogP contribution in [0.25, 0.3) is 0 Å². The van der Waals surface area contributed by atoms with Gasteiger partial charge in [0.05, 0.1) is 3.79 Å². The lowest BCUT2D eigenvalue weighted by Gasteiger charge is -2.12. The summed E-state index contributed by atoms with van der Waals surface area (Å²) in [4.78, 5) is 1.23. The van der Waals surface area contributed by atoms with E-state index in [4.69, 9.17) is 4.74 Å². The van der Waals surface area contributed by atoms with Crippen LogP contribution < -0.4 is 4.74 Å². The van der Waals surface area contributed by atoms with Crippen molar-refractivity contribution in [2.75, 3.05) is 0 Å². The first kappa shape index (κ1) is 13.6. The molecular formula is C15H17BrOS. The van der Waals surface area contributed by atoms with Crippen LogP contribution in [0.15, 0.2) is 34.1 Å². The Morgan fingerprint density at radius 1 is 1.22 bits per heavy atom. The average Bonchev–Trinajstić information content (AvgIpc) is 2.72. The third-order valence-electron chi connectivity index (χ3n) is 2.87. The Labute approximate surface area is 121 Å². The molecule has 0 aliphatic carbocycles. The molecule has 0 aliphatic rings. The Morgan fingerprint density at radius 2 is 2.00 bits per heavy atom. The molecule has 2 rings (SSSR count). The highest BCUT2D eigenvalue weighted by Crippen LogP contribution is 2.26. The molecule has 0 spiro atoms. The lowest BCUT2D eigenvalue weighted by atomic mass is 9.98. The summed E-state index contributed by atoms with van der Waals surface area (Å²) >= 11 is 5.17. The van der Waals surface area contributed by atoms with Crippen molar-refractivity contribution in [3.8, 4) is 5.75 Å². The predicted octanol–water partition coefficient (Wildman–Crippen LogP) is 5.52. The van der Waals surface area contributed by atoms with Crippen molar-refractivity contribution in [3.05, 3.63) is 50.1 Å². The lowest BCUT2D eigenvalue weighted by Crippen LogP contribution is -1.96. The van der Waals surface area contributed by atoms with Gasteiger partial charge in [-0.1, -0.05) is 19.9 Å². The van der Waals surface area contributed by atoms with E-state index in [1.165, 1.54) is 16.0 Å². The van der Waals surface area contributed by atoms with Crippen LogP contribution >= 0.6 is 27.3 Å². The molecule has 0 amide bonds.